The summed E-state index contributed by atoms with van der Waals surface area (Å²) < 4.78 is 0. The largest absolute Gasteiger partial charge is 0.393 e. The fraction of sp³-hybridized carbons (Fsp3) is 0.895. The third-order valence-corrected chi connectivity index (χ3v) is 13.4. The number of aliphatic hydroxyl groups excluding tert-OH is 1. The normalized spacial score (nSPS) is 13.5. The highest BCUT2D eigenvalue weighted by Crippen LogP contribution is 2.37. The fourth-order valence-corrected chi connectivity index (χ4v) is 9.04. The summed E-state index contributed by atoms with van der Waals surface area (Å²) in [5.41, 5.74) is -2.61. The molecule has 0 radical (unpaired) electrons. The van der Waals surface area contributed by atoms with Gasteiger partial charge in [0.1, 0.15) is 5.60 Å². The van der Waals surface area contributed by atoms with Gasteiger partial charge in [0.2, 0.25) is 0 Å². The number of aliphatic hydroxyl groups is 3. The van der Waals surface area contributed by atoms with Crippen molar-refractivity contribution >= 4 is 0 Å². The molecule has 3 heteroatoms. The number of hydrogen-bond donors (Lipinski definition) is 3. The summed E-state index contributed by atoms with van der Waals surface area (Å²) in [5.74, 6) is 0. The molecule has 0 heterocycles. The molecule has 3 N–H and O–H groups in total. The highest BCUT2D eigenvalue weighted by atomic mass is 16.4. The van der Waals surface area contributed by atoms with Crippen molar-refractivity contribution in [3.05, 3.63) is 36.5 Å². The lowest BCUT2D eigenvalue weighted by molar-refractivity contribution is -0.185. The second kappa shape index (κ2) is 47.6. The van der Waals surface area contributed by atoms with Gasteiger partial charge in [-0.15, -0.1) is 0 Å². The molecule has 60 heavy (non-hydrogen) atoms. The molecule has 0 amide bonds. The average molecular weight is 844 g/mol. The van der Waals surface area contributed by atoms with E-state index in [9.17, 15) is 15.3 Å². The molecule has 0 aromatic heterocycles. The van der Waals surface area contributed by atoms with E-state index in [1.165, 1.54) is 231 Å². The second-order valence-corrected chi connectivity index (χ2v) is 19.3. The Balaban J connectivity index is 4.56. The van der Waals surface area contributed by atoms with Crippen LogP contribution in [0.4, 0.5) is 0 Å². The Bertz CT molecular complexity index is 865. The third kappa shape index (κ3) is 38.7. The minimum absolute atomic E-state index is 0.340. The van der Waals surface area contributed by atoms with Gasteiger partial charge in [-0.25, -0.2) is 0 Å². The summed E-state index contributed by atoms with van der Waals surface area (Å²) >= 11 is 0. The quantitative estimate of drug-likeness (QED) is 0.0422. The van der Waals surface area contributed by atoms with Gasteiger partial charge in [0.15, 0.2) is 0 Å². The Kier molecular flexibility index (Phi) is 46.9. The number of allylic oxidation sites excluding steroid dienone is 6. The predicted octanol–water partition coefficient (Wildman–Crippen LogP) is 18.7. The Morgan fingerprint density at radius 2 is 0.433 bits per heavy atom. The summed E-state index contributed by atoms with van der Waals surface area (Å²) in [6, 6.07) is 0. The van der Waals surface area contributed by atoms with Crippen LogP contribution in [0.25, 0.3) is 0 Å². The lowest BCUT2D eigenvalue weighted by Crippen LogP contribution is -2.56. The van der Waals surface area contributed by atoms with Crippen LogP contribution in [0.1, 0.15) is 310 Å². The topological polar surface area (TPSA) is 60.7 Å². The van der Waals surface area contributed by atoms with Crippen LogP contribution in [0.3, 0.4) is 0 Å². The fourth-order valence-electron chi connectivity index (χ4n) is 9.04. The van der Waals surface area contributed by atoms with Crippen LogP contribution >= 0.6 is 0 Å². The molecule has 0 spiro atoms. The summed E-state index contributed by atoms with van der Waals surface area (Å²) in [6.45, 7) is 6.51. The highest BCUT2D eigenvalue weighted by molar-refractivity contribution is 4.99. The van der Waals surface area contributed by atoms with Gasteiger partial charge in [0.25, 0.3) is 0 Å². The van der Waals surface area contributed by atoms with Gasteiger partial charge < -0.3 is 15.3 Å². The Labute approximate surface area is 377 Å². The first kappa shape index (κ1) is 59.1. The molecule has 0 aliphatic carbocycles. The van der Waals surface area contributed by atoms with Crippen LogP contribution < -0.4 is 0 Å². The van der Waals surface area contributed by atoms with E-state index >= 15 is 0 Å². The van der Waals surface area contributed by atoms with Crippen molar-refractivity contribution in [1.29, 1.82) is 0 Å². The van der Waals surface area contributed by atoms with Crippen molar-refractivity contribution in [2.24, 2.45) is 0 Å². The average Bonchev–Trinajstić information content (AvgIpc) is 3.25. The molecule has 0 saturated carbocycles. The molecule has 356 valence electrons. The smallest absolute Gasteiger partial charge is 0.116 e. The van der Waals surface area contributed by atoms with E-state index in [2.05, 4.69) is 57.2 Å². The summed E-state index contributed by atoms with van der Waals surface area (Å²) in [4.78, 5) is 0. The van der Waals surface area contributed by atoms with Gasteiger partial charge in [-0.3, -0.25) is 0 Å². The van der Waals surface area contributed by atoms with Crippen molar-refractivity contribution in [2.75, 3.05) is 6.61 Å². The summed E-state index contributed by atoms with van der Waals surface area (Å²) in [5, 5.41) is 34.6. The molecule has 0 aromatic carbocycles. The summed E-state index contributed by atoms with van der Waals surface area (Å²) in [7, 11) is 0. The standard InChI is InChI=1S/C57H110O3/c1-4-7-10-13-16-19-22-25-28-31-34-37-40-43-46-49-52-56(59,53-50-47-44-41-38-35-32-29-26-23-20-17-14-11-8-5-2)57(60,55-58)54-51-48-45-42-39-36-33-30-27-24-21-18-15-12-9-6-3/h25-30,58-60H,4-24,31-55H2,1-3H3/b28-25-,29-26-,30-27-. The van der Waals surface area contributed by atoms with E-state index in [-0.39, 0.29) is 6.61 Å². The van der Waals surface area contributed by atoms with Crippen molar-refractivity contribution in [1.82, 2.24) is 0 Å². The monoisotopic (exact) mass is 843 g/mol. The molecule has 0 aliphatic rings. The number of rotatable bonds is 50. The van der Waals surface area contributed by atoms with Crippen molar-refractivity contribution in [3.63, 3.8) is 0 Å². The van der Waals surface area contributed by atoms with Crippen LogP contribution in [-0.2, 0) is 0 Å². The van der Waals surface area contributed by atoms with Crippen LogP contribution in [0.15, 0.2) is 36.5 Å². The van der Waals surface area contributed by atoms with Crippen molar-refractivity contribution in [2.45, 2.75) is 321 Å². The molecule has 3 nitrogen and oxygen atoms in total. The van der Waals surface area contributed by atoms with Crippen molar-refractivity contribution in [3.8, 4) is 0 Å². The van der Waals surface area contributed by atoms with Crippen LogP contribution in [0.5, 0.6) is 0 Å². The van der Waals surface area contributed by atoms with E-state index in [1.807, 2.05) is 0 Å². The van der Waals surface area contributed by atoms with Crippen LogP contribution in [0.2, 0.25) is 0 Å². The maximum Gasteiger partial charge on any atom is 0.116 e. The number of hydrogen-bond acceptors (Lipinski definition) is 3. The van der Waals surface area contributed by atoms with Gasteiger partial charge in [0.05, 0.1) is 12.2 Å². The maximum atomic E-state index is 12.2. The van der Waals surface area contributed by atoms with Gasteiger partial charge in [-0.1, -0.05) is 250 Å². The van der Waals surface area contributed by atoms with Crippen LogP contribution in [0, 0.1) is 0 Å². The van der Waals surface area contributed by atoms with Crippen LogP contribution in [-0.4, -0.2) is 33.1 Å². The molecule has 1 atom stereocenters. The molecule has 1 unspecified atom stereocenters. The van der Waals surface area contributed by atoms with E-state index in [4.69, 9.17) is 0 Å². The Hall–Kier alpha value is -0.900. The maximum absolute atomic E-state index is 12.2. The summed E-state index contributed by atoms with van der Waals surface area (Å²) in [6.07, 6.45) is 69.0. The van der Waals surface area contributed by atoms with Gasteiger partial charge in [-0.05, 0) is 96.3 Å². The molecule has 0 bridgehead atoms. The lowest BCUT2D eigenvalue weighted by atomic mass is 9.73. The molecule has 0 aromatic rings. The zero-order valence-corrected chi connectivity index (χ0v) is 41.3. The first-order chi connectivity index (χ1) is 29.5. The molecular formula is C57H110O3. The van der Waals surface area contributed by atoms with Crippen molar-refractivity contribution < 1.29 is 15.3 Å². The second-order valence-electron chi connectivity index (χ2n) is 19.3. The first-order valence-corrected chi connectivity index (χ1v) is 27.5. The number of unbranched alkanes of at least 4 members (excludes halogenated alkanes) is 36. The third-order valence-electron chi connectivity index (χ3n) is 13.4. The SMILES string of the molecule is CCCCCCCC/C=C\CCCCCCCCC(O)(CO)C(O)(CCCCCCCC/C=C\CCCCCCCC)CCCCCCCC/C=C\CCCCCCCC. The molecule has 0 rings (SSSR count). The first-order valence-electron chi connectivity index (χ1n) is 27.5. The minimum atomic E-state index is -1.41. The van der Waals surface area contributed by atoms with E-state index in [0.29, 0.717) is 19.3 Å². The van der Waals surface area contributed by atoms with Gasteiger partial charge in [-0.2, -0.15) is 0 Å². The predicted molar refractivity (Wildman–Crippen MR) is 269 cm³/mol. The van der Waals surface area contributed by atoms with Gasteiger partial charge in [0, 0.05) is 0 Å². The highest BCUT2D eigenvalue weighted by Gasteiger charge is 2.47. The molecular weight excluding hydrogens is 733 g/mol. The van der Waals surface area contributed by atoms with E-state index < -0.39 is 11.2 Å². The molecule has 0 aliphatic heterocycles. The minimum Gasteiger partial charge on any atom is -0.393 e. The zero-order valence-electron chi connectivity index (χ0n) is 41.3. The van der Waals surface area contributed by atoms with E-state index in [1.54, 1.807) is 0 Å². The molecule has 0 fully saturated rings. The zero-order chi connectivity index (χ0) is 43.8. The van der Waals surface area contributed by atoms with E-state index in [0.717, 1.165) is 38.5 Å². The lowest BCUT2D eigenvalue weighted by Gasteiger charge is -2.43. The Morgan fingerprint density at radius 1 is 0.250 bits per heavy atom. The Morgan fingerprint density at radius 3 is 0.650 bits per heavy atom. The molecule has 0 saturated heterocycles. The van der Waals surface area contributed by atoms with Gasteiger partial charge >= 0.3 is 0 Å².